The zero-order valence-electron chi connectivity index (χ0n) is 19.0. The van der Waals surface area contributed by atoms with E-state index in [-0.39, 0.29) is 5.82 Å². The molecule has 1 aliphatic heterocycles. The number of pyridine rings is 2. The van der Waals surface area contributed by atoms with Gasteiger partial charge in [-0.25, -0.2) is 9.37 Å². The highest BCUT2D eigenvalue weighted by molar-refractivity contribution is 5.91. The van der Waals surface area contributed by atoms with Gasteiger partial charge >= 0.3 is 0 Å². The summed E-state index contributed by atoms with van der Waals surface area (Å²) in [6, 6.07) is 12.2. The molecule has 0 spiro atoms. The van der Waals surface area contributed by atoms with E-state index >= 15 is 0 Å². The number of aromatic nitrogens is 6. The number of nitrogens with zero attached hydrogens (tertiary/aromatic N) is 5. The van der Waals surface area contributed by atoms with Crippen LogP contribution in [-0.4, -0.2) is 61.3 Å². The van der Waals surface area contributed by atoms with Crippen LogP contribution in [0.25, 0.3) is 45.1 Å². The van der Waals surface area contributed by atoms with E-state index in [9.17, 15) is 4.39 Å². The number of halogens is 1. The van der Waals surface area contributed by atoms with Gasteiger partial charge < -0.3 is 9.72 Å². The summed E-state index contributed by atoms with van der Waals surface area (Å²) >= 11 is 0. The molecule has 1 fully saturated rings. The number of fused-ring (bicyclic) bond motifs is 1. The van der Waals surface area contributed by atoms with Crippen LogP contribution in [0.5, 0.6) is 5.75 Å². The molecular weight excluding hydrogens is 445 g/mol. The largest absolute Gasteiger partial charge is 0.491 e. The molecule has 1 aromatic carbocycles. The average Bonchev–Trinajstić information content (AvgIpc) is 3.65. The Morgan fingerprint density at radius 2 is 1.94 bits per heavy atom. The van der Waals surface area contributed by atoms with E-state index in [2.05, 4.69) is 30.0 Å². The predicted octanol–water partition coefficient (Wildman–Crippen LogP) is 4.69. The van der Waals surface area contributed by atoms with Crippen molar-refractivity contribution in [3.8, 4) is 39.8 Å². The lowest BCUT2D eigenvalue weighted by molar-refractivity contribution is 0.237. The Morgan fingerprint density at radius 3 is 2.83 bits per heavy atom. The minimum atomic E-state index is -0.337. The first-order chi connectivity index (χ1) is 17.2. The van der Waals surface area contributed by atoms with Crippen LogP contribution in [0.1, 0.15) is 12.8 Å². The SMILES string of the molecule is Fc1ccccc1-c1nccc2[nH]c(-c3cc(-c4cncc(OCCN5CCCC5)c4)n[nH]3)nc12. The van der Waals surface area contributed by atoms with Gasteiger partial charge in [-0.05, 0) is 56.3 Å². The van der Waals surface area contributed by atoms with Crippen molar-refractivity contribution in [3.63, 3.8) is 0 Å². The second-order valence-electron chi connectivity index (χ2n) is 8.59. The standard InChI is InChI=1S/C26H24FN7O/c27-20-6-2-1-5-19(20)24-25-21(7-8-29-24)30-26(31-25)23-14-22(32-33-23)17-13-18(16-28-15-17)35-12-11-34-9-3-4-10-34/h1-2,5-8,13-16H,3-4,9-12H2,(H,30,31)(H,32,33). The number of benzene rings is 1. The summed E-state index contributed by atoms with van der Waals surface area (Å²) in [5.74, 6) is 0.974. The van der Waals surface area contributed by atoms with Gasteiger partial charge in [0.1, 0.15) is 35.1 Å². The molecule has 0 atom stereocenters. The van der Waals surface area contributed by atoms with Crippen LogP contribution in [0.3, 0.4) is 0 Å². The van der Waals surface area contributed by atoms with Gasteiger partial charge in [0.15, 0.2) is 5.82 Å². The summed E-state index contributed by atoms with van der Waals surface area (Å²) in [5.41, 5.74) is 4.54. The zero-order chi connectivity index (χ0) is 23.6. The number of rotatable bonds is 7. The van der Waals surface area contributed by atoms with E-state index in [0.29, 0.717) is 34.9 Å². The Balaban J connectivity index is 1.24. The van der Waals surface area contributed by atoms with E-state index in [1.54, 1.807) is 36.8 Å². The van der Waals surface area contributed by atoms with Gasteiger partial charge in [-0.1, -0.05) is 12.1 Å². The number of ether oxygens (including phenoxy) is 1. The van der Waals surface area contributed by atoms with Crippen molar-refractivity contribution in [1.29, 1.82) is 0 Å². The molecule has 2 N–H and O–H groups in total. The van der Waals surface area contributed by atoms with E-state index in [1.165, 1.54) is 18.9 Å². The van der Waals surface area contributed by atoms with Gasteiger partial charge in [-0.3, -0.25) is 20.0 Å². The summed E-state index contributed by atoms with van der Waals surface area (Å²) in [4.78, 5) is 19.1. The highest BCUT2D eigenvalue weighted by Crippen LogP contribution is 2.30. The van der Waals surface area contributed by atoms with Gasteiger partial charge in [0.05, 0.1) is 17.4 Å². The third kappa shape index (κ3) is 4.38. The Morgan fingerprint density at radius 1 is 1.06 bits per heavy atom. The molecule has 176 valence electrons. The van der Waals surface area contributed by atoms with E-state index in [0.717, 1.165) is 42.2 Å². The Hall–Kier alpha value is -4.11. The molecule has 0 saturated carbocycles. The smallest absolute Gasteiger partial charge is 0.156 e. The normalized spacial score (nSPS) is 14.1. The maximum absolute atomic E-state index is 14.4. The van der Waals surface area contributed by atoms with Gasteiger partial charge in [0.25, 0.3) is 0 Å². The van der Waals surface area contributed by atoms with Crippen molar-refractivity contribution in [2.24, 2.45) is 0 Å². The third-order valence-electron chi connectivity index (χ3n) is 6.25. The van der Waals surface area contributed by atoms with E-state index < -0.39 is 0 Å². The fraction of sp³-hybridized carbons (Fsp3) is 0.231. The Kier molecular flexibility index (Phi) is 5.67. The number of hydrogen-bond donors (Lipinski definition) is 2. The van der Waals surface area contributed by atoms with Crippen molar-refractivity contribution in [2.45, 2.75) is 12.8 Å². The maximum Gasteiger partial charge on any atom is 0.156 e. The topological polar surface area (TPSA) is 95.6 Å². The quantitative estimate of drug-likeness (QED) is 0.359. The van der Waals surface area contributed by atoms with Crippen molar-refractivity contribution >= 4 is 11.0 Å². The lowest BCUT2D eigenvalue weighted by atomic mass is 10.1. The lowest BCUT2D eigenvalue weighted by Gasteiger charge is -2.14. The molecule has 5 heterocycles. The number of nitrogens with one attached hydrogen (secondary N) is 2. The minimum absolute atomic E-state index is 0.337. The van der Waals surface area contributed by atoms with Crippen molar-refractivity contribution < 1.29 is 9.13 Å². The van der Waals surface area contributed by atoms with Crippen LogP contribution in [0.2, 0.25) is 0 Å². The zero-order valence-corrected chi connectivity index (χ0v) is 19.0. The van der Waals surface area contributed by atoms with E-state index in [1.807, 2.05) is 18.2 Å². The van der Waals surface area contributed by atoms with Crippen LogP contribution in [0, 0.1) is 5.82 Å². The maximum atomic E-state index is 14.4. The molecule has 1 aliphatic rings. The van der Waals surface area contributed by atoms with Gasteiger partial charge in [-0.15, -0.1) is 0 Å². The monoisotopic (exact) mass is 469 g/mol. The van der Waals surface area contributed by atoms with Crippen molar-refractivity contribution in [1.82, 2.24) is 35.0 Å². The highest BCUT2D eigenvalue weighted by atomic mass is 19.1. The summed E-state index contributed by atoms with van der Waals surface area (Å²) in [6.07, 6.45) is 7.66. The predicted molar refractivity (Wildman–Crippen MR) is 131 cm³/mol. The molecule has 0 radical (unpaired) electrons. The molecule has 9 heteroatoms. The fourth-order valence-corrected chi connectivity index (χ4v) is 4.44. The number of hydrogen-bond acceptors (Lipinski definition) is 6. The first-order valence-corrected chi connectivity index (χ1v) is 11.7. The second kappa shape index (κ2) is 9.27. The molecule has 1 saturated heterocycles. The lowest BCUT2D eigenvalue weighted by Crippen LogP contribution is -2.25. The Bertz CT molecular complexity index is 1470. The highest BCUT2D eigenvalue weighted by Gasteiger charge is 2.16. The van der Waals surface area contributed by atoms with Crippen LogP contribution in [-0.2, 0) is 0 Å². The molecule has 0 aliphatic carbocycles. The summed E-state index contributed by atoms with van der Waals surface area (Å²) in [7, 11) is 0. The molecule has 5 aromatic rings. The minimum Gasteiger partial charge on any atom is -0.491 e. The Labute approximate surface area is 201 Å². The molecule has 0 amide bonds. The molecule has 35 heavy (non-hydrogen) atoms. The molecule has 8 nitrogen and oxygen atoms in total. The van der Waals surface area contributed by atoms with Gasteiger partial charge in [0.2, 0.25) is 0 Å². The molecule has 6 rings (SSSR count). The van der Waals surface area contributed by atoms with Gasteiger partial charge in [-0.2, -0.15) is 5.10 Å². The average molecular weight is 470 g/mol. The summed E-state index contributed by atoms with van der Waals surface area (Å²) in [6.45, 7) is 3.86. The molecular formula is C26H24FN7O. The van der Waals surface area contributed by atoms with Crippen molar-refractivity contribution in [2.75, 3.05) is 26.2 Å². The van der Waals surface area contributed by atoms with Crippen LogP contribution >= 0.6 is 0 Å². The molecule has 0 unspecified atom stereocenters. The van der Waals surface area contributed by atoms with Crippen LogP contribution in [0.4, 0.5) is 4.39 Å². The molecule has 0 bridgehead atoms. The first-order valence-electron chi connectivity index (χ1n) is 11.7. The third-order valence-corrected chi connectivity index (χ3v) is 6.25. The first kappa shape index (κ1) is 21.4. The van der Waals surface area contributed by atoms with Gasteiger partial charge in [0, 0.05) is 30.1 Å². The van der Waals surface area contributed by atoms with Crippen LogP contribution < -0.4 is 4.74 Å². The number of H-pyrrole nitrogens is 2. The fourth-order valence-electron chi connectivity index (χ4n) is 4.44. The number of imidazole rings is 1. The second-order valence-corrected chi connectivity index (χ2v) is 8.59. The summed E-state index contributed by atoms with van der Waals surface area (Å²) in [5, 5.41) is 7.49. The number of likely N-dealkylation sites (tertiary alicyclic amines) is 1. The van der Waals surface area contributed by atoms with E-state index in [4.69, 9.17) is 9.72 Å². The molecule has 4 aromatic heterocycles. The van der Waals surface area contributed by atoms with Crippen LogP contribution in [0.15, 0.2) is 61.1 Å². The number of aromatic amines is 2. The summed E-state index contributed by atoms with van der Waals surface area (Å²) < 4.78 is 20.3. The van der Waals surface area contributed by atoms with Crippen molar-refractivity contribution in [3.05, 3.63) is 66.9 Å².